The largest absolute Gasteiger partial charge is 0.334 e. The summed E-state index contributed by atoms with van der Waals surface area (Å²) >= 11 is 0. The summed E-state index contributed by atoms with van der Waals surface area (Å²) in [6.07, 6.45) is 21.6. The minimum Gasteiger partial charge on any atom is -0.334 e. The SMILES string of the molecule is CCCCCCCCCCCCCCCCCC(=O)ONC#N. The molecule has 134 valence electrons. The number of nitrogens with zero attached hydrogens (tertiary/aromatic N) is 1. The number of rotatable bonds is 17. The normalized spacial score (nSPS) is 10.3. The van der Waals surface area contributed by atoms with E-state index in [-0.39, 0.29) is 5.97 Å². The number of carbonyl (C=O) groups excluding carboxylic acids is 1. The first-order valence-corrected chi connectivity index (χ1v) is 9.65. The number of hydrogen-bond acceptors (Lipinski definition) is 4. The van der Waals surface area contributed by atoms with Gasteiger partial charge in [0.15, 0.2) is 0 Å². The molecule has 0 atom stereocenters. The third-order valence-corrected chi connectivity index (χ3v) is 4.19. The van der Waals surface area contributed by atoms with Gasteiger partial charge in [-0.05, 0) is 6.42 Å². The van der Waals surface area contributed by atoms with Crippen molar-refractivity contribution >= 4 is 5.97 Å². The molecule has 0 aliphatic rings. The molecule has 0 aromatic rings. The van der Waals surface area contributed by atoms with Gasteiger partial charge in [0, 0.05) is 6.42 Å². The van der Waals surface area contributed by atoms with Gasteiger partial charge in [0.2, 0.25) is 6.19 Å². The van der Waals surface area contributed by atoms with Crippen molar-refractivity contribution in [3.8, 4) is 6.19 Å². The number of hydroxylamine groups is 1. The Morgan fingerprint density at radius 1 is 0.783 bits per heavy atom. The predicted molar refractivity (Wildman–Crippen MR) is 94.4 cm³/mol. The van der Waals surface area contributed by atoms with E-state index in [2.05, 4.69) is 11.8 Å². The van der Waals surface area contributed by atoms with Crippen LogP contribution in [0.15, 0.2) is 0 Å². The van der Waals surface area contributed by atoms with Gasteiger partial charge in [0.05, 0.1) is 0 Å². The van der Waals surface area contributed by atoms with E-state index in [0.717, 1.165) is 12.8 Å². The highest BCUT2D eigenvalue weighted by Crippen LogP contribution is 2.13. The molecule has 4 nitrogen and oxygen atoms in total. The van der Waals surface area contributed by atoms with Crippen LogP contribution in [0.3, 0.4) is 0 Å². The smallest absolute Gasteiger partial charge is 0.333 e. The molecule has 0 spiro atoms. The Labute approximate surface area is 142 Å². The van der Waals surface area contributed by atoms with Crippen LogP contribution in [0.2, 0.25) is 0 Å². The van der Waals surface area contributed by atoms with Gasteiger partial charge in [-0.25, -0.2) is 4.79 Å². The van der Waals surface area contributed by atoms with Gasteiger partial charge in [-0.15, -0.1) is 0 Å². The molecule has 0 unspecified atom stereocenters. The Kier molecular flexibility index (Phi) is 17.8. The first kappa shape index (κ1) is 21.8. The summed E-state index contributed by atoms with van der Waals surface area (Å²) in [5.74, 6) is -0.346. The zero-order chi connectivity index (χ0) is 17.0. The molecule has 0 radical (unpaired) electrons. The van der Waals surface area contributed by atoms with E-state index in [4.69, 9.17) is 5.26 Å². The molecule has 0 aromatic heterocycles. The molecule has 1 N–H and O–H groups in total. The second kappa shape index (κ2) is 18.8. The van der Waals surface area contributed by atoms with E-state index in [1.165, 1.54) is 83.5 Å². The lowest BCUT2D eigenvalue weighted by Gasteiger charge is -2.03. The molecular formula is C19H36N2O2. The van der Waals surface area contributed by atoms with Gasteiger partial charge in [-0.2, -0.15) is 10.7 Å². The molecule has 0 heterocycles. The van der Waals surface area contributed by atoms with E-state index in [9.17, 15) is 4.79 Å². The third-order valence-electron chi connectivity index (χ3n) is 4.19. The van der Waals surface area contributed by atoms with Crippen LogP contribution in [0.4, 0.5) is 0 Å². The van der Waals surface area contributed by atoms with E-state index >= 15 is 0 Å². The molecule has 4 heteroatoms. The number of unbranched alkanes of at least 4 members (excludes halogenated alkanes) is 14. The average Bonchev–Trinajstić information content (AvgIpc) is 2.56. The number of hydrogen-bond donors (Lipinski definition) is 1. The maximum Gasteiger partial charge on any atom is 0.333 e. The lowest BCUT2D eigenvalue weighted by molar-refractivity contribution is -0.148. The van der Waals surface area contributed by atoms with Crippen LogP contribution in [0.1, 0.15) is 110 Å². The maximum absolute atomic E-state index is 11.1. The van der Waals surface area contributed by atoms with Gasteiger partial charge in [0.25, 0.3) is 0 Å². The number of nitriles is 1. The highest BCUT2D eigenvalue weighted by molar-refractivity contribution is 5.68. The summed E-state index contributed by atoms with van der Waals surface area (Å²) in [5.41, 5.74) is 1.91. The molecule has 0 fully saturated rings. The quantitative estimate of drug-likeness (QED) is 0.159. The Morgan fingerprint density at radius 2 is 1.17 bits per heavy atom. The monoisotopic (exact) mass is 324 g/mol. The van der Waals surface area contributed by atoms with Crippen molar-refractivity contribution in [1.29, 1.82) is 5.26 Å². The van der Waals surface area contributed by atoms with Gasteiger partial charge < -0.3 is 4.84 Å². The molecule has 0 saturated heterocycles. The molecule has 0 amide bonds. The minimum atomic E-state index is -0.346. The Bertz CT molecular complexity index is 300. The third kappa shape index (κ3) is 18.7. The minimum absolute atomic E-state index is 0.346. The summed E-state index contributed by atoms with van der Waals surface area (Å²) in [4.78, 5) is 15.6. The summed E-state index contributed by atoms with van der Waals surface area (Å²) in [6.45, 7) is 2.27. The second-order valence-corrected chi connectivity index (χ2v) is 6.39. The van der Waals surface area contributed by atoms with Crippen molar-refractivity contribution in [2.24, 2.45) is 0 Å². The van der Waals surface area contributed by atoms with Crippen LogP contribution in [0.5, 0.6) is 0 Å². The highest BCUT2D eigenvalue weighted by atomic mass is 16.7. The lowest BCUT2D eigenvalue weighted by atomic mass is 10.0. The fourth-order valence-electron chi connectivity index (χ4n) is 2.77. The van der Waals surface area contributed by atoms with Crippen molar-refractivity contribution in [2.75, 3.05) is 0 Å². The van der Waals surface area contributed by atoms with Crippen LogP contribution in [0, 0.1) is 11.5 Å². The van der Waals surface area contributed by atoms with Crippen LogP contribution in [-0.4, -0.2) is 5.97 Å². The van der Waals surface area contributed by atoms with Crippen molar-refractivity contribution in [3.05, 3.63) is 0 Å². The maximum atomic E-state index is 11.1. The standard InChI is InChI=1S/C19H36N2O2/c1-2-3-4-5-6-7-8-9-10-11-12-13-14-15-16-17-19(22)23-21-18-20/h21H,2-17H2,1H3. The fraction of sp³-hybridized carbons (Fsp3) is 0.895. The van der Waals surface area contributed by atoms with Crippen LogP contribution < -0.4 is 5.48 Å². The molecule has 23 heavy (non-hydrogen) atoms. The van der Waals surface area contributed by atoms with Crippen molar-refractivity contribution in [3.63, 3.8) is 0 Å². The second-order valence-electron chi connectivity index (χ2n) is 6.39. The average molecular weight is 325 g/mol. The van der Waals surface area contributed by atoms with Gasteiger partial charge in [0.1, 0.15) is 0 Å². The van der Waals surface area contributed by atoms with Crippen LogP contribution >= 0.6 is 0 Å². The van der Waals surface area contributed by atoms with Gasteiger partial charge in [-0.1, -0.05) is 96.8 Å². The van der Waals surface area contributed by atoms with Crippen LogP contribution in [-0.2, 0) is 9.63 Å². The Morgan fingerprint density at radius 3 is 1.57 bits per heavy atom. The van der Waals surface area contributed by atoms with Crippen LogP contribution in [0.25, 0.3) is 0 Å². The molecule has 0 saturated carbocycles. The summed E-state index contributed by atoms with van der Waals surface area (Å²) in [7, 11) is 0. The van der Waals surface area contributed by atoms with Crippen molar-refractivity contribution in [2.45, 2.75) is 110 Å². The Hall–Kier alpha value is -1.24. The highest BCUT2D eigenvalue weighted by Gasteiger charge is 2.01. The number of carbonyl (C=O) groups is 1. The van der Waals surface area contributed by atoms with E-state index < -0.39 is 0 Å². The zero-order valence-corrected chi connectivity index (χ0v) is 15.1. The van der Waals surface area contributed by atoms with Gasteiger partial charge >= 0.3 is 5.97 Å². The topological polar surface area (TPSA) is 62.1 Å². The van der Waals surface area contributed by atoms with E-state index in [1.807, 2.05) is 5.48 Å². The summed E-state index contributed by atoms with van der Waals surface area (Å²) in [5, 5.41) is 8.18. The summed E-state index contributed by atoms with van der Waals surface area (Å²) < 4.78 is 0. The van der Waals surface area contributed by atoms with Crippen molar-refractivity contribution in [1.82, 2.24) is 5.48 Å². The lowest BCUT2D eigenvalue weighted by Crippen LogP contribution is -2.14. The first-order chi connectivity index (χ1) is 11.3. The first-order valence-electron chi connectivity index (χ1n) is 9.65. The van der Waals surface area contributed by atoms with E-state index in [0.29, 0.717) is 6.42 Å². The molecule has 0 rings (SSSR count). The molecule has 0 aromatic carbocycles. The number of nitrogens with one attached hydrogen (secondary N) is 1. The van der Waals surface area contributed by atoms with Gasteiger partial charge in [-0.3, -0.25) is 0 Å². The molecular weight excluding hydrogens is 288 g/mol. The van der Waals surface area contributed by atoms with E-state index in [1.54, 1.807) is 6.19 Å². The molecule has 0 aliphatic carbocycles. The zero-order valence-electron chi connectivity index (χ0n) is 15.1. The predicted octanol–water partition coefficient (Wildman–Crippen LogP) is 5.78. The summed E-state index contributed by atoms with van der Waals surface area (Å²) in [6, 6.07) is 0. The molecule has 0 aliphatic heterocycles. The molecule has 0 bridgehead atoms. The Balaban J connectivity index is 3.05. The van der Waals surface area contributed by atoms with Crippen molar-refractivity contribution < 1.29 is 9.63 Å². The fourth-order valence-corrected chi connectivity index (χ4v) is 2.77.